The van der Waals surface area contributed by atoms with Crippen LogP contribution < -0.4 is 5.73 Å². The second kappa shape index (κ2) is 5.14. The first-order chi connectivity index (χ1) is 7.81. The zero-order chi connectivity index (χ0) is 11.4. The smallest absolute Gasteiger partial charge is 0.170 e. The molecule has 0 amide bonds. The Bertz CT molecular complexity index is 456. The van der Waals surface area contributed by atoms with E-state index in [2.05, 4.69) is 9.97 Å². The van der Waals surface area contributed by atoms with Gasteiger partial charge in [0.25, 0.3) is 0 Å². The van der Waals surface area contributed by atoms with Crippen LogP contribution in [0.4, 0.5) is 4.39 Å². The lowest BCUT2D eigenvalue weighted by molar-refractivity contribution is 0.596. The number of hydrogen-bond acceptors (Lipinski definition) is 3. The molecule has 0 saturated carbocycles. The number of benzene rings is 1. The Labute approximate surface area is 97.3 Å². The van der Waals surface area contributed by atoms with Crippen LogP contribution in [0.25, 0.3) is 0 Å². The molecule has 5 heteroatoms. The standard InChI is InChI=1S/C11H12FN3S/c12-9-3-1-2-8(4-5-13)10(9)16-11-14-6-7-15-11/h1-3,6-7H,4-5,13H2,(H,14,15). The minimum atomic E-state index is -0.229. The van der Waals surface area contributed by atoms with Crippen LogP contribution in [-0.4, -0.2) is 16.5 Å². The number of nitrogens with two attached hydrogens (primary N) is 1. The second-order valence-electron chi connectivity index (χ2n) is 3.26. The first kappa shape index (κ1) is 11.2. The van der Waals surface area contributed by atoms with E-state index in [1.54, 1.807) is 18.5 Å². The molecule has 0 aliphatic rings. The maximum atomic E-state index is 13.7. The van der Waals surface area contributed by atoms with Gasteiger partial charge in [0.15, 0.2) is 5.16 Å². The van der Waals surface area contributed by atoms with Crippen LogP contribution >= 0.6 is 11.8 Å². The van der Waals surface area contributed by atoms with Crippen molar-refractivity contribution in [2.24, 2.45) is 5.73 Å². The summed E-state index contributed by atoms with van der Waals surface area (Å²) in [6, 6.07) is 5.04. The number of imidazole rings is 1. The van der Waals surface area contributed by atoms with Crippen molar-refractivity contribution in [3.8, 4) is 0 Å². The Balaban J connectivity index is 2.30. The molecular formula is C11H12FN3S. The van der Waals surface area contributed by atoms with Crippen molar-refractivity contribution < 1.29 is 4.39 Å². The molecule has 84 valence electrons. The normalized spacial score (nSPS) is 10.6. The quantitative estimate of drug-likeness (QED) is 0.857. The summed E-state index contributed by atoms with van der Waals surface area (Å²) in [6.07, 6.45) is 4.03. The van der Waals surface area contributed by atoms with E-state index in [1.165, 1.54) is 17.8 Å². The van der Waals surface area contributed by atoms with Crippen molar-refractivity contribution in [3.63, 3.8) is 0 Å². The summed E-state index contributed by atoms with van der Waals surface area (Å²) in [5, 5.41) is 0.684. The van der Waals surface area contributed by atoms with Crippen molar-refractivity contribution in [2.45, 2.75) is 16.5 Å². The maximum Gasteiger partial charge on any atom is 0.170 e. The SMILES string of the molecule is NCCc1cccc(F)c1Sc1ncc[nH]1. The molecule has 0 atom stereocenters. The van der Waals surface area contributed by atoms with Gasteiger partial charge in [-0.3, -0.25) is 0 Å². The van der Waals surface area contributed by atoms with Gasteiger partial charge in [-0.05, 0) is 36.4 Å². The summed E-state index contributed by atoms with van der Waals surface area (Å²) in [6.45, 7) is 0.509. The zero-order valence-electron chi connectivity index (χ0n) is 8.61. The monoisotopic (exact) mass is 237 g/mol. The predicted molar refractivity (Wildman–Crippen MR) is 61.9 cm³/mol. The average Bonchev–Trinajstić information content (AvgIpc) is 2.76. The van der Waals surface area contributed by atoms with Crippen LogP contribution in [0.1, 0.15) is 5.56 Å². The van der Waals surface area contributed by atoms with Crippen molar-refractivity contribution in [1.82, 2.24) is 9.97 Å². The van der Waals surface area contributed by atoms with E-state index in [-0.39, 0.29) is 5.82 Å². The molecule has 1 aromatic carbocycles. The van der Waals surface area contributed by atoms with Gasteiger partial charge in [-0.1, -0.05) is 12.1 Å². The van der Waals surface area contributed by atoms with E-state index >= 15 is 0 Å². The van der Waals surface area contributed by atoms with Gasteiger partial charge in [-0.2, -0.15) is 0 Å². The fourth-order valence-corrected chi connectivity index (χ4v) is 2.32. The summed E-state index contributed by atoms with van der Waals surface area (Å²) < 4.78 is 13.7. The largest absolute Gasteiger partial charge is 0.339 e. The van der Waals surface area contributed by atoms with Crippen LogP contribution in [0.2, 0.25) is 0 Å². The van der Waals surface area contributed by atoms with Gasteiger partial charge in [-0.15, -0.1) is 0 Å². The highest BCUT2D eigenvalue weighted by Gasteiger charge is 2.10. The fraction of sp³-hybridized carbons (Fsp3) is 0.182. The molecule has 0 radical (unpaired) electrons. The van der Waals surface area contributed by atoms with E-state index in [0.717, 1.165) is 5.56 Å². The van der Waals surface area contributed by atoms with E-state index in [1.807, 2.05) is 6.07 Å². The third-order valence-electron chi connectivity index (χ3n) is 2.13. The van der Waals surface area contributed by atoms with Gasteiger partial charge in [-0.25, -0.2) is 9.37 Å². The molecule has 3 nitrogen and oxygen atoms in total. The Morgan fingerprint density at radius 3 is 3.00 bits per heavy atom. The Kier molecular flexibility index (Phi) is 3.58. The van der Waals surface area contributed by atoms with Crippen molar-refractivity contribution >= 4 is 11.8 Å². The highest BCUT2D eigenvalue weighted by molar-refractivity contribution is 7.99. The lowest BCUT2D eigenvalue weighted by Gasteiger charge is -2.07. The van der Waals surface area contributed by atoms with Gasteiger partial charge in [0.05, 0.1) is 4.90 Å². The number of nitrogens with zero attached hydrogens (tertiary/aromatic N) is 1. The van der Waals surface area contributed by atoms with Crippen LogP contribution in [0.15, 0.2) is 40.6 Å². The minimum absolute atomic E-state index is 0.229. The first-order valence-corrected chi connectivity index (χ1v) is 5.77. The van der Waals surface area contributed by atoms with Crippen LogP contribution in [0, 0.1) is 5.82 Å². The lowest BCUT2D eigenvalue weighted by atomic mass is 10.1. The molecule has 2 rings (SSSR count). The number of nitrogens with one attached hydrogen (secondary N) is 1. The molecule has 2 aromatic rings. The minimum Gasteiger partial charge on any atom is -0.339 e. The van der Waals surface area contributed by atoms with E-state index in [0.29, 0.717) is 23.0 Å². The van der Waals surface area contributed by atoms with Crippen LogP contribution in [0.5, 0.6) is 0 Å². The molecule has 0 aliphatic carbocycles. The van der Waals surface area contributed by atoms with Crippen molar-refractivity contribution in [1.29, 1.82) is 0 Å². The van der Waals surface area contributed by atoms with Gasteiger partial charge in [0.1, 0.15) is 5.82 Å². The van der Waals surface area contributed by atoms with Gasteiger partial charge >= 0.3 is 0 Å². The molecule has 16 heavy (non-hydrogen) atoms. The number of aromatic nitrogens is 2. The number of aromatic amines is 1. The number of hydrogen-bond donors (Lipinski definition) is 2. The zero-order valence-corrected chi connectivity index (χ0v) is 9.43. The van der Waals surface area contributed by atoms with Crippen molar-refractivity contribution in [2.75, 3.05) is 6.54 Å². The molecule has 0 saturated heterocycles. The molecule has 0 aliphatic heterocycles. The Hall–Kier alpha value is -1.33. The van der Waals surface area contributed by atoms with E-state index in [4.69, 9.17) is 5.73 Å². The number of H-pyrrole nitrogens is 1. The summed E-state index contributed by atoms with van der Waals surface area (Å²) in [4.78, 5) is 7.60. The number of rotatable bonds is 4. The van der Waals surface area contributed by atoms with Gasteiger partial charge in [0, 0.05) is 12.4 Å². The van der Waals surface area contributed by atoms with Gasteiger partial charge in [0.2, 0.25) is 0 Å². The van der Waals surface area contributed by atoms with Crippen LogP contribution in [-0.2, 0) is 6.42 Å². The molecule has 1 heterocycles. The first-order valence-electron chi connectivity index (χ1n) is 4.96. The topological polar surface area (TPSA) is 54.7 Å². The molecular weight excluding hydrogens is 225 g/mol. The average molecular weight is 237 g/mol. The molecule has 1 aromatic heterocycles. The lowest BCUT2D eigenvalue weighted by Crippen LogP contribution is -2.04. The maximum absolute atomic E-state index is 13.7. The second-order valence-corrected chi connectivity index (χ2v) is 4.26. The summed E-state index contributed by atoms with van der Waals surface area (Å²) in [5.74, 6) is -0.229. The fourth-order valence-electron chi connectivity index (χ4n) is 1.42. The van der Waals surface area contributed by atoms with Crippen LogP contribution in [0.3, 0.4) is 0 Å². The third kappa shape index (κ3) is 2.43. The highest BCUT2D eigenvalue weighted by atomic mass is 32.2. The van der Waals surface area contributed by atoms with E-state index in [9.17, 15) is 4.39 Å². The summed E-state index contributed by atoms with van der Waals surface area (Å²) >= 11 is 1.29. The summed E-state index contributed by atoms with van der Waals surface area (Å²) in [5.41, 5.74) is 6.42. The third-order valence-corrected chi connectivity index (χ3v) is 3.21. The Morgan fingerprint density at radius 1 is 1.44 bits per heavy atom. The molecule has 3 N–H and O–H groups in total. The van der Waals surface area contributed by atoms with E-state index < -0.39 is 0 Å². The molecule has 0 bridgehead atoms. The molecule has 0 fully saturated rings. The molecule has 0 spiro atoms. The summed E-state index contributed by atoms with van der Waals surface area (Å²) in [7, 11) is 0. The predicted octanol–water partition coefficient (Wildman–Crippen LogP) is 2.20. The highest BCUT2D eigenvalue weighted by Crippen LogP contribution is 2.30. The van der Waals surface area contributed by atoms with Crippen molar-refractivity contribution in [3.05, 3.63) is 42.0 Å². The molecule has 0 unspecified atom stereocenters. The Morgan fingerprint density at radius 2 is 2.31 bits per heavy atom. The number of halogens is 1. The van der Waals surface area contributed by atoms with Gasteiger partial charge < -0.3 is 10.7 Å².